The lowest BCUT2D eigenvalue weighted by molar-refractivity contribution is -0.118. The van der Waals surface area contributed by atoms with Crippen molar-refractivity contribution in [1.29, 1.82) is 0 Å². The van der Waals surface area contributed by atoms with E-state index in [1.165, 1.54) is 9.95 Å². The maximum Gasteiger partial charge on any atom is 0.337 e. The number of carbonyl (C=O) groups is 2. The van der Waals surface area contributed by atoms with Crippen molar-refractivity contribution in [3.05, 3.63) is 57.0 Å². The van der Waals surface area contributed by atoms with Gasteiger partial charge in [0.25, 0.3) is 5.56 Å². The molecule has 2 aromatic heterocycles. The average molecular weight is 399 g/mol. The number of amides is 1. The van der Waals surface area contributed by atoms with Crippen molar-refractivity contribution in [1.82, 2.24) is 9.55 Å². The third-order valence-corrected chi connectivity index (χ3v) is 5.37. The predicted octanol–water partition coefficient (Wildman–Crippen LogP) is 3.79. The van der Waals surface area contributed by atoms with Crippen molar-refractivity contribution >= 4 is 39.1 Å². The van der Waals surface area contributed by atoms with Gasteiger partial charge in [0.2, 0.25) is 5.91 Å². The fraction of sp³-hybridized carbons (Fsp3) is 0.300. The Bertz CT molecular complexity index is 1110. The van der Waals surface area contributed by atoms with Gasteiger partial charge in [-0.2, -0.15) is 0 Å². The van der Waals surface area contributed by atoms with Gasteiger partial charge in [0.15, 0.2) is 0 Å². The topological polar surface area (TPSA) is 101 Å². The second-order valence-electron chi connectivity index (χ2n) is 6.97. The predicted molar refractivity (Wildman–Crippen MR) is 109 cm³/mol. The minimum absolute atomic E-state index is 0.0388. The molecule has 3 rings (SSSR count). The molecule has 0 aliphatic rings. The van der Waals surface area contributed by atoms with Gasteiger partial charge in [-0.05, 0) is 26.0 Å². The van der Waals surface area contributed by atoms with Crippen LogP contribution in [-0.4, -0.2) is 26.5 Å². The van der Waals surface area contributed by atoms with Crippen molar-refractivity contribution in [3.8, 4) is 0 Å². The first kappa shape index (κ1) is 19.8. The molecule has 0 saturated heterocycles. The lowest BCUT2D eigenvalue weighted by Crippen LogP contribution is -2.35. The molecule has 0 bridgehead atoms. The number of anilines is 1. The quantitative estimate of drug-likeness (QED) is 0.680. The average Bonchev–Trinajstić information content (AvgIpc) is 3.07. The highest BCUT2D eigenvalue weighted by Crippen LogP contribution is 2.25. The van der Waals surface area contributed by atoms with E-state index in [-0.39, 0.29) is 22.8 Å². The third kappa shape index (κ3) is 3.55. The van der Waals surface area contributed by atoms with Crippen LogP contribution in [0.3, 0.4) is 0 Å². The summed E-state index contributed by atoms with van der Waals surface area (Å²) < 4.78 is 1.30. The number of aromatic carboxylic acids is 1. The van der Waals surface area contributed by atoms with Crippen LogP contribution in [-0.2, 0) is 4.79 Å². The molecule has 0 fully saturated rings. The molecule has 8 heteroatoms. The molecule has 0 aliphatic carbocycles. The summed E-state index contributed by atoms with van der Waals surface area (Å²) in [4.78, 5) is 42.3. The van der Waals surface area contributed by atoms with Gasteiger partial charge in [-0.25, -0.2) is 9.78 Å². The zero-order valence-corrected chi connectivity index (χ0v) is 16.8. The van der Waals surface area contributed by atoms with Gasteiger partial charge in [0.05, 0.1) is 10.9 Å². The summed E-state index contributed by atoms with van der Waals surface area (Å²) in [5.74, 6) is -1.24. The number of benzene rings is 1. The van der Waals surface area contributed by atoms with E-state index in [0.717, 1.165) is 16.9 Å². The fourth-order valence-electron chi connectivity index (χ4n) is 2.96. The van der Waals surface area contributed by atoms with Crippen LogP contribution in [0.1, 0.15) is 54.5 Å². The summed E-state index contributed by atoms with van der Waals surface area (Å²) >= 11 is 1.11. The van der Waals surface area contributed by atoms with Gasteiger partial charge < -0.3 is 10.4 Å². The summed E-state index contributed by atoms with van der Waals surface area (Å²) in [7, 11) is 0. The van der Waals surface area contributed by atoms with Crippen LogP contribution in [0, 0.1) is 6.92 Å². The third-order valence-electron chi connectivity index (χ3n) is 4.50. The Labute approximate surface area is 165 Å². The second kappa shape index (κ2) is 7.55. The van der Waals surface area contributed by atoms with Gasteiger partial charge in [0, 0.05) is 17.0 Å². The van der Waals surface area contributed by atoms with Crippen molar-refractivity contribution in [2.24, 2.45) is 0 Å². The minimum Gasteiger partial charge on any atom is -0.478 e. The summed E-state index contributed by atoms with van der Waals surface area (Å²) in [6.07, 6.45) is 0. The summed E-state index contributed by atoms with van der Waals surface area (Å²) in [6.45, 7) is 7.31. The van der Waals surface area contributed by atoms with E-state index < -0.39 is 17.6 Å². The first-order valence-corrected chi connectivity index (χ1v) is 9.73. The molecule has 1 aromatic carbocycles. The molecule has 0 spiro atoms. The van der Waals surface area contributed by atoms with Crippen LogP contribution in [0.2, 0.25) is 0 Å². The monoisotopic (exact) mass is 399 g/mol. The molecule has 2 heterocycles. The van der Waals surface area contributed by atoms with Crippen LogP contribution >= 0.6 is 11.3 Å². The highest BCUT2D eigenvalue weighted by atomic mass is 32.1. The Kier molecular flexibility index (Phi) is 5.33. The Morgan fingerprint density at radius 2 is 1.82 bits per heavy atom. The smallest absolute Gasteiger partial charge is 0.337 e. The first-order chi connectivity index (χ1) is 13.2. The molecular formula is C20H21N3O4S. The number of hydrogen-bond acceptors (Lipinski definition) is 5. The number of fused-ring (bicyclic) bond motifs is 1. The van der Waals surface area contributed by atoms with E-state index >= 15 is 0 Å². The summed E-state index contributed by atoms with van der Waals surface area (Å²) in [6, 6.07) is 6.47. The van der Waals surface area contributed by atoms with Crippen molar-refractivity contribution in [3.63, 3.8) is 0 Å². The Balaban J connectivity index is 2.10. The molecule has 0 saturated carbocycles. The van der Waals surface area contributed by atoms with E-state index in [0.29, 0.717) is 16.3 Å². The van der Waals surface area contributed by atoms with Crippen LogP contribution in [0.5, 0.6) is 0 Å². The Morgan fingerprint density at radius 3 is 2.39 bits per heavy atom. The van der Waals surface area contributed by atoms with E-state index in [2.05, 4.69) is 10.3 Å². The van der Waals surface area contributed by atoms with E-state index in [4.69, 9.17) is 0 Å². The van der Waals surface area contributed by atoms with Crippen LogP contribution < -0.4 is 10.9 Å². The maximum absolute atomic E-state index is 13.2. The van der Waals surface area contributed by atoms with Gasteiger partial charge in [-0.3, -0.25) is 14.2 Å². The molecular weight excluding hydrogens is 378 g/mol. The second-order valence-corrected chi connectivity index (χ2v) is 7.82. The van der Waals surface area contributed by atoms with Gasteiger partial charge in [0.1, 0.15) is 16.7 Å². The number of nitrogens with one attached hydrogen (secondary N) is 1. The zero-order valence-electron chi connectivity index (χ0n) is 16.0. The van der Waals surface area contributed by atoms with Crippen molar-refractivity contribution in [2.45, 2.75) is 39.7 Å². The largest absolute Gasteiger partial charge is 0.478 e. The van der Waals surface area contributed by atoms with Crippen LogP contribution in [0.15, 0.2) is 34.4 Å². The SMILES string of the molecule is Cc1ccc(NC(=O)C(C)n2c(C(C)C)nc3scc(C(=O)O)c3c2=O)cc1. The minimum atomic E-state index is -1.19. The Hall–Kier alpha value is -3.00. The van der Waals surface area contributed by atoms with E-state index in [1.54, 1.807) is 19.1 Å². The Morgan fingerprint density at radius 1 is 1.18 bits per heavy atom. The lowest BCUT2D eigenvalue weighted by Gasteiger charge is -2.21. The molecule has 146 valence electrons. The number of nitrogens with zero attached hydrogens (tertiary/aromatic N) is 2. The van der Waals surface area contributed by atoms with E-state index in [1.807, 2.05) is 32.9 Å². The molecule has 1 amide bonds. The highest BCUT2D eigenvalue weighted by molar-refractivity contribution is 7.17. The number of aryl methyl sites for hydroxylation is 1. The number of carboxylic acids is 1. The van der Waals surface area contributed by atoms with Crippen LogP contribution in [0.4, 0.5) is 5.69 Å². The van der Waals surface area contributed by atoms with Crippen molar-refractivity contribution < 1.29 is 14.7 Å². The molecule has 7 nitrogen and oxygen atoms in total. The maximum atomic E-state index is 13.2. The molecule has 1 atom stereocenters. The lowest BCUT2D eigenvalue weighted by atomic mass is 10.1. The number of hydrogen-bond donors (Lipinski definition) is 2. The highest BCUT2D eigenvalue weighted by Gasteiger charge is 2.26. The zero-order chi connectivity index (χ0) is 20.6. The van der Waals surface area contributed by atoms with Crippen molar-refractivity contribution in [2.75, 3.05) is 5.32 Å². The number of carboxylic acid groups (broad SMARTS) is 1. The first-order valence-electron chi connectivity index (χ1n) is 8.85. The molecule has 1 unspecified atom stereocenters. The number of aromatic nitrogens is 2. The molecule has 0 aliphatic heterocycles. The number of carbonyl (C=O) groups excluding carboxylic acids is 1. The summed E-state index contributed by atoms with van der Waals surface area (Å²) in [5, 5.41) is 13.6. The van der Waals surface area contributed by atoms with Gasteiger partial charge in [-0.15, -0.1) is 11.3 Å². The molecule has 3 aromatic rings. The summed E-state index contributed by atoms with van der Waals surface area (Å²) in [5.41, 5.74) is 1.08. The van der Waals surface area contributed by atoms with Gasteiger partial charge in [-0.1, -0.05) is 31.5 Å². The normalized spacial score (nSPS) is 12.3. The standard InChI is InChI=1S/C20H21N3O4S/c1-10(2)16-22-18-15(14(9-28-18)20(26)27)19(25)23(16)12(4)17(24)21-13-7-5-11(3)6-8-13/h5-10,12H,1-4H3,(H,21,24)(H,26,27). The molecule has 28 heavy (non-hydrogen) atoms. The molecule has 2 N–H and O–H groups in total. The number of rotatable bonds is 5. The molecule has 0 radical (unpaired) electrons. The van der Waals surface area contributed by atoms with Crippen LogP contribution in [0.25, 0.3) is 10.2 Å². The fourth-order valence-corrected chi connectivity index (χ4v) is 3.87. The number of thiophene rings is 1. The van der Waals surface area contributed by atoms with Gasteiger partial charge >= 0.3 is 5.97 Å². The van der Waals surface area contributed by atoms with E-state index in [9.17, 15) is 19.5 Å².